The maximum Gasteiger partial charge on any atom is 0.242 e. The predicted octanol–water partition coefficient (Wildman–Crippen LogP) is 1.90. The van der Waals surface area contributed by atoms with Crippen molar-refractivity contribution in [2.75, 3.05) is 13.1 Å². The molecule has 2 rings (SSSR count). The minimum atomic E-state index is -3.51. The number of halogens is 1. The van der Waals surface area contributed by atoms with Crippen LogP contribution < -0.4 is 10.0 Å². The lowest BCUT2D eigenvalue weighted by Crippen LogP contribution is -2.52. The summed E-state index contributed by atoms with van der Waals surface area (Å²) in [6.45, 7) is 5.66. The largest absolute Gasteiger partial charge is 0.312 e. The van der Waals surface area contributed by atoms with Crippen molar-refractivity contribution >= 4 is 26.0 Å². The molecule has 5 nitrogen and oxygen atoms in total. The van der Waals surface area contributed by atoms with Gasteiger partial charge in [0.15, 0.2) is 0 Å². The molecule has 0 saturated carbocycles. The Labute approximate surface area is 128 Å². The van der Waals surface area contributed by atoms with Crippen LogP contribution in [-0.2, 0) is 10.0 Å². The molecule has 0 bridgehead atoms. The molecule has 1 aliphatic rings. The van der Waals surface area contributed by atoms with E-state index >= 15 is 0 Å². The van der Waals surface area contributed by atoms with Crippen molar-refractivity contribution in [2.24, 2.45) is 5.41 Å². The van der Waals surface area contributed by atoms with Crippen molar-refractivity contribution in [1.29, 1.82) is 0 Å². The van der Waals surface area contributed by atoms with Crippen LogP contribution in [0.2, 0.25) is 0 Å². The fourth-order valence-corrected chi connectivity index (χ4v) is 3.99. The molecule has 0 amide bonds. The average Bonchev–Trinajstić information content (AvgIpc) is 2.37. The van der Waals surface area contributed by atoms with Gasteiger partial charge in [0.25, 0.3) is 0 Å². The zero-order valence-corrected chi connectivity index (χ0v) is 14.1. The lowest BCUT2D eigenvalue weighted by Gasteiger charge is -2.39. The van der Waals surface area contributed by atoms with E-state index in [0.717, 1.165) is 19.4 Å². The Morgan fingerprint density at radius 1 is 1.50 bits per heavy atom. The first-order valence-corrected chi connectivity index (χ1v) is 8.92. The zero-order valence-electron chi connectivity index (χ0n) is 11.7. The number of pyridine rings is 1. The van der Waals surface area contributed by atoms with Crippen LogP contribution in [-0.4, -0.2) is 32.5 Å². The zero-order chi connectivity index (χ0) is 14.8. The van der Waals surface area contributed by atoms with Crippen LogP contribution in [0.5, 0.6) is 0 Å². The third kappa shape index (κ3) is 3.78. The van der Waals surface area contributed by atoms with Crippen molar-refractivity contribution in [3.05, 3.63) is 22.9 Å². The van der Waals surface area contributed by atoms with Crippen molar-refractivity contribution < 1.29 is 8.42 Å². The quantitative estimate of drug-likeness (QED) is 0.858. The maximum absolute atomic E-state index is 12.2. The smallest absolute Gasteiger partial charge is 0.242 e. The molecule has 7 heteroatoms. The summed E-state index contributed by atoms with van der Waals surface area (Å²) in [5.74, 6) is 0. The average molecular weight is 362 g/mol. The highest BCUT2D eigenvalue weighted by Crippen LogP contribution is 2.29. The molecule has 1 aromatic heterocycles. The molecule has 0 aliphatic carbocycles. The van der Waals surface area contributed by atoms with Crippen LogP contribution in [0.4, 0.5) is 0 Å². The minimum Gasteiger partial charge on any atom is -0.312 e. The standard InChI is InChI=1S/C13H20BrN3O2S/c1-13(2)4-3-5-16-12(13)9-17-20(18,19)11-6-10(14)7-15-8-11/h6-8,12,16-17H,3-5,9H2,1-2H3. The second kappa shape index (κ2) is 6.09. The fraction of sp³-hybridized carbons (Fsp3) is 0.615. The Balaban J connectivity index is 2.06. The van der Waals surface area contributed by atoms with Crippen LogP contribution in [0, 0.1) is 5.41 Å². The highest BCUT2D eigenvalue weighted by molar-refractivity contribution is 9.10. The fourth-order valence-electron chi connectivity index (χ4n) is 2.43. The number of nitrogens with zero attached hydrogens (tertiary/aromatic N) is 1. The molecule has 1 aromatic rings. The van der Waals surface area contributed by atoms with Crippen LogP contribution in [0.25, 0.3) is 0 Å². The molecule has 1 aliphatic heterocycles. The van der Waals surface area contributed by atoms with Gasteiger partial charge in [0.1, 0.15) is 4.90 Å². The van der Waals surface area contributed by atoms with Crippen LogP contribution in [0.3, 0.4) is 0 Å². The van der Waals surface area contributed by atoms with Crippen molar-refractivity contribution in [1.82, 2.24) is 15.0 Å². The van der Waals surface area contributed by atoms with Gasteiger partial charge in [-0.25, -0.2) is 13.1 Å². The number of aromatic nitrogens is 1. The van der Waals surface area contributed by atoms with Gasteiger partial charge >= 0.3 is 0 Å². The number of hydrogen-bond donors (Lipinski definition) is 2. The predicted molar refractivity (Wildman–Crippen MR) is 81.9 cm³/mol. The molecule has 20 heavy (non-hydrogen) atoms. The van der Waals surface area contributed by atoms with Gasteiger partial charge in [-0.1, -0.05) is 13.8 Å². The topological polar surface area (TPSA) is 71.1 Å². The first kappa shape index (κ1) is 15.9. The van der Waals surface area contributed by atoms with Crippen LogP contribution >= 0.6 is 15.9 Å². The summed E-state index contributed by atoms with van der Waals surface area (Å²) in [4.78, 5) is 4.07. The molecular formula is C13H20BrN3O2S. The lowest BCUT2D eigenvalue weighted by atomic mass is 9.78. The third-order valence-electron chi connectivity index (χ3n) is 3.80. The maximum atomic E-state index is 12.2. The van der Waals surface area contributed by atoms with E-state index in [1.807, 2.05) is 0 Å². The molecule has 1 unspecified atom stereocenters. The summed E-state index contributed by atoms with van der Waals surface area (Å²) in [5.41, 5.74) is 0.0935. The Kier molecular flexibility index (Phi) is 4.84. The highest BCUT2D eigenvalue weighted by atomic mass is 79.9. The molecule has 2 N–H and O–H groups in total. The van der Waals surface area contributed by atoms with Gasteiger partial charge in [-0.05, 0) is 46.8 Å². The summed E-state index contributed by atoms with van der Waals surface area (Å²) in [6, 6.07) is 1.69. The number of hydrogen-bond acceptors (Lipinski definition) is 4. The molecule has 0 radical (unpaired) electrons. The second-order valence-electron chi connectivity index (χ2n) is 5.79. The van der Waals surface area contributed by atoms with Crippen LogP contribution in [0.15, 0.2) is 27.8 Å². The third-order valence-corrected chi connectivity index (χ3v) is 5.62. The van der Waals surface area contributed by atoms with E-state index in [1.54, 1.807) is 12.3 Å². The number of piperidine rings is 1. The highest BCUT2D eigenvalue weighted by Gasteiger charge is 2.32. The van der Waals surface area contributed by atoms with Crippen molar-refractivity contribution in [3.8, 4) is 0 Å². The summed E-state index contributed by atoms with van der Waals surface area (Å²) < 4.78 is 27.8. The van der Waals surface area contributed by atoms with E-state index in [9.17, 15) is 8.42 Å². The molecule has 2 heterocycles. The number of sulfonamides is 1. The molecule has 1 fully saturated rings. The van der Waals surface area contributed by atoms with Crippen molar-refractivity contribution in [3.63, 3.8) is 0 Å². The van der Waals surface area contributed by atoms with E-state index in [0.29, 0.717) is 11.0 Å². The van der Waals surface area contributed by atoms with E-state index in [-0.39, 0.29) is 16.4 Å². The Bertz CT molecular complexity index is 575. The van der Waals surface area contributed by atoms with Gasteiger partial charge < -0.3 is 5.32 Å². The second-order valence-corrected chi connectivity index (χ2v) is 8.47. The molecule has 0 spiro atoms. The monoisotopic (exact) mass is 361 g/mol. The summed E-state index contributed by atoms with van der Waals surface area (Å²) in [7, 11) is -3.51. The molecule has 1 atom stereocenters. The number of nitrogens with one attached hydrogen (secondary N) is 2. The molecular weight excluding hydrogens is 342 g/mol. The van der Waals surface area contributed by atoms with Gasteiger partial charge in [0, 0.05) is 29.5 Å². The Hall–Kier alpha value is -0.500. The SMILES string of the molecule is CC1(C)CCCNC1CNS(=O)(=O)c1cncc(Br)c1. The van der Waals surface area contributed by atoms with E-state index in [2.05, 4.69) is 44.8 Å². The van der Waals surface area contributed by atoms with E-state index < -0.39 is 10.0 Å². The van der Waals surface area contributed by atoms with Gasteiger partial charge in [0.05, 0.1) is 0 Å². The first-order chi connectivity index (χ1) is 9.31. The summed E-state index contributed by atoms with van der Waals surface area (Å²) in [6.07, 6.45) is 5.15. The minimum absolute atomic E-state index is 0.0935. The lowest BCUT2D eigenvalue weighted by molar-refractivity contribution is 0.181. The van der Waals surface area contributed by atoms with E-state index in [1.165, 1.54) is 6.20 Å². The molecule has 112 valence electrons. The first-order valence-electron chi connectivity index (χ1n) is 6.65. The number of rotatable bonds is 4. The molecule has 0 aromatic carbocycles. The molecule has 1 saturated heterocycles. The van der Waals surface area contributed by atoms with Crippen molar-refractivity contribution in [2.45, 2.75) is 37.6 Å². The van der Waals surface area contributed by atoms with Crippen LogP contribution in [0.1, 0.15) is 26.7 Å². The summed E-state index contributed by atoms with van der Waals surface area (Å²) in [5, 5.41) is 3.39. The van der Waals surface area contributed by atoms with Gasteiger partial charge in [-0.15, -0.1) is 0 Å². The Morgan fingerprint density at radius 3 is 2.90 bits per heavy atom. The summed E-state index contributed by atoms with van der Waals surface area (Å²) >= 11 is 3.23. The normalized spacial score (nSPS) is 22.6. The van der Waals surface area contributed by atoms with Gasteiger partial charge in [0.2, 0.25) is 10.0 Å². The van der Waals surface area contributed by atoms with Gasteiger partial charge in [-0.3, -0.25) is 4.98 Å². The Morgan fingerprint density at radius 2 is 2.25 bits per heavy atom. The van der Waals surface area contributed by atoms with E-state index in [4.69, 9.17) is 0 Å². The van der Waals surface area contributed by atoms with Gasteiger partial charge in [-0.2, -0.15) is 0 Å².